The highest BCUT2D eigenvalue weighted by molar-refractivity contribution is 7.22. The largest absolute Gasteiger partial charge is 0.461 e. The third kappa shape index (κ3) is 4.86. The Labute approximate surface area is 266 Å². The first-order chi connectivity index (χ1) is 22.0. The summed E-state index contributed by atoms with van der Waals surface area (Å²) in [4.78, 5) is 17.9. The fourth-order valence-electron chi connectivity index (χ4n) is 8.44. The molecule has 4 aliphatic heterocycles. The highest BCUT2D eigenvalue weighted by Gasteiger charge is 2.45. The molecule has 46 heavy (non-hydrogen) atoms. The van der Waals surface area contributed by atoms with Gasteiger partial charge in [0.15, 0.2) is 10.9 Å². The summed E-state index contributed by atoms with van der Waals surface area (Å²) in [6, 6.07) is 3.56. The van der Waals surface area contributed by atoms with Gasteiger partial charge in [-0.2, -0.15) is 23.1 Å². The summed E-state index contributed by atoms with van der Waals surface area (Å²) in [7, 11) is 2.11. The quantitative estimate of drug-likeness (QED) is 0.218. The van der Waals surface area contributed by atoms with Gasteiger partial charge in [0, 0.05) is 34.6 Å². The number of aromatic nitrogens is 3. The molecule has 8 rings (SSSR count). The standard InChI is InChI=1S/C32H34F5N7OS/c1-43-17-4-5-18(43)13-16(12-17)39-28-20-14-21(32(35,36)37)23(19-6-7-22(33)27-26(19)40-29(38)46-27)24(34)25(20)41-30(42-28)45-15-31-8-2-10-44(31)11-3-9-31/h6-7,14,16-18H,2-5,8-13,15H2,1H3,(H2,38,40)(H,39,41,42)/t16?,17-,18?/m1/s1. The molecule has 4 fully saturated rings. The second-order valence-electron chi connectivity index (χ2n) is 13.3. The van der Waals surface area contributed by atoms with Gasteiger partial charge in [0.05, 0.1) is 21.3 Å². The van der Waals surface area contributed by atoms with E-state index < -0.39 is 28.9 Å². The highest BCUT2D eigenvalue weighted by atomic mass is 32.1. The Bertz CT molecular complexity index is 1820. The predicted molar refractivity (Wildman–Crippen MR) is 167 cm³/mol. The van der Waals surface area contributed by atoms with Crippen LogP contribution >= 0.6 is 11.3 Å². The number of fused-ring (bicyclic) bond motifs is 5. The van der Waals surface area contributed by atoms with Gasteiger partial charge in [0.25, 0.3) is 0 Å². The third-order valence-corrected chi connectivity index (χ3v) is 11.6. The molecular weight excluding hydrogens is 625 g/mol. The first-order valence-corrected chi connectivity index (χ1v) is 16.6. The van der Waals surface area contributed by atoms with Gasteiger partial charge in [-0.1, -0.05) is 11.3 Å². The molecule has 4 aromatic rings. The zero-order valence-corrected chi connectivity index (χ0v) is 26.1. The van der Waals surface area contributed by atoms with Crippen molar-refractivity contribution in [3.63, 3.8) is 0 Å². The minimum Gasteiger partial charge on any atom is -0.461 e. The Morgan fingerprint density at radius 2 is 1.76 bits per heavy atom. The number of halogens is 5. The number of benzene rings is 2. The van der Waals surface area contributed by atoms with Gasteiger partial charge in [0.2, 0.25) is 0 Å². The number of piperidine rings is 1. The molecule has 2 aromatic carbocycles. The number of nitrogen functional groups attached to an aromatic ring is 1. The number of hydrogen-bond donors (Lipinski definition) is 2. The summed E-state index contributed by atoms with van der Waals surface area (Å²) >= 11 is 0.791. The van der Waals surface area contributed by atoms with E-state index in [4.69, 9.17) is 10.5 Å². The van der Waals surface area contributed by atoms with Crippen molar-refractivity contribution < 1.29 is 26.7 Å². The van der Waals surface area contributed by atoms with Gasteiger partial charge in [0.1, 0.15) is 23.8 Å². The smallest absolute Gasteiger partial charge is 0.417 e. The molecule has 4 saturated heterocycles. The fourth-order valence-corrected chi connectivity index (χ4v) is 9.21. The van der Waals surface area contributed by atoms with Crippen LogP contribution < -0.4 is 15.8 Å². The van der Waals surface area contributed by atoms with Crippen LogP contribution in [0.4, 0.5) is 32.9 Å². The van der Waals surface area contributed by atoms with Crippen LogP contribution in [0.1, 0.15) is 56.9 Å². The van der Waals surface area contributed by atoms with E-state index in [0.717, 1.165) is 94.0 Å². The molecule has 8 nitrogen and oxygen atoms in total. The van der Waals surface area contributed by atoms with Crippen LogP contribution in [0.15, 0.2) is 18.2 Å². The number of nitrogens with one attached hydrogen (secondary N) is 1. The van der Waals surface area contributed by atoms with E-state index in [1.54, 1.807) is 0 Å². The normalized spacial score (nSPS) is 24.7. The van der Waals surface area contributed by atoms with Crippen molar-refractivity contribution in [3.05, 3.63) is 35.4 Å². The lowest BCUT2D eigenvalue weighted by Gasteiger charge is -2.37. The van der Waals surface area contributed by atoms with Crippen molar-refractivity contribution >= 4 is 43.4 Å². The first kappa shape index (κ1) is 30.0. The van der Waals surface area contributed by atoms with E-state index in [1.807, 2.05) is 0 Å². The molecule has 0 spiro atoms. The number of ether oxygens (including phenoxy) is 1. The van der Waals surface area contributed by atoms with Gasteiger partial charge in [-0.05, 0) is 89.7 Å². The fraction of sp³-hybridized carbons (Fsp3) is 0.531. The molecule has 0 aliphatic carbocycles. The Morgan fingerprint density at radius 1 is 1.04 bits per heavy atom. The number of anilines is 2. The first-order valence-electron chi connectivity index (χ1n) is 15.8. The maximum Gasteiger partial charge on any atom is 0.417 e. The van der Waals surface area contributed by atoms with Crippen molar-refractivity contribution in [3.8, 4) is 17.1 Å². The summed E-state index contributed by atoms with van der Waals surface area (Å²) in [6.07, 6.45) is 2.78. The summed E-state index contributed by atoms with van der Waals surface area (Å²) in [5.74, 6) is -1.80. The topological polar surface area (TPSA) is 92.4 Å². The molecule has 6 heterocycles. The molecule has 4 aliphatic rings. The molecule has 3 atom stereocenters. The molecule has 14 heteroatoms. The van der Waals surface area contributed by atoms with E-state index in [2.05, 4.69) is 37.1 Å². The SMILES string of the molecule is CN1C2CC[C@@H]1CC(Nc1nc(OCC34CCCN3CCC4)nc3c(F)c(-c4ccc(F)c5sc(N)nc45)c(C(F)(F)F)cc13)C2. The number of nitrogens with two attached hydrogens (primary N) is 1. The maximum absolute atomic E-state index is 16.8. The lowest BCUT2D eigenvalue weighted by atomic mass is 9.94. The Hall–Kier alpha value is -3.36. The van der Waals surface area contributed by atoms with Crippen LogP contribution in [-0.2, 0) is 6.18 Å². The average Bonchev–Trinajstić information content (AvgIpc) is 3.74. The molecule has 3 N–H and O–H groups in total. The minimum atomic E-state index is -4.96. The average molecular weight is 660 g/mol. The summed E-state index contributed by atoms with van der Waals surface area (Å²) in [5, 5.41) is 3.25. The van der Waals surface area contributed by atoms with Gasteiger partial charge in [-0.3, -0.25) is 4.90 Å². The lowest BCUT2D eigenvalue weighted by Crippen LogP contribution is -2.44. The monoisotopic (exact) mass is 659 g/mol. The van der Waals surface area contributed by atoms with Gasteiger partial charge < -0.3 is 20.7 Å². The predicted octanol–water partition coefficient (Wildman–Crippen LogP) is 6.83. The number of nitrogens with zero attached hydrogens (tertiary/aromatic N) is 5. The lowest BCUT2D eigenvalue weighted by molar-refractivity contribution is -0.137. The Morgan fingerprint density at radius 3 is 2.46 bits per heavy atom. The van der Waals surface area contributed by atoms with Crippen LogP contribution in [0.5, 0.6) is 6.01 Å². The Kier molecular flexibility index (Phi) is 7.07. The summed E-state index contributed by atoms with van der Waals surface area (Å²) in [5.41, 5.74) is 3.01. The van der Waals surface area contributed by atoms with E-state index in [-0.39, 0.29) is 55.2 Å². The number of alkyl halides is 3. The third-order valence-electron chi connectivity index (χ3n) is 10.7. The molecule has 244 valence electrons. The molecule has 0 amide bonds. The minimum absolute atomic E-state index is 0.0417. The zero-order chi connectivity index (χ0) is 32.0. The van der Waals surface area contributed by atoms with Crippen LogP contribution in [0, 0.1) is 11.6 Å². The highest BCUT2D eigenvalue weighted by Crippen LogP contribution is 2.46. The second kappa shape index (κ2) is 10.8. The molecule has 0 saturated carbocycles. The second-order valence-corrected chi connectivity index (χ2v) is 14.3. The molecule has 2 unspecified atom stereocenters. The van der Waals surface area contributed by atoms with E-state index in [1.165, 1.54) is 0 Å². The number of thiazole rings is 1. The molecule has 2 bridgehead atoms. The van der Waals surface area contributed by atoms with Crippen molar-refractivity contribution in [2.45, 2.75) is 81.2 Å². The molecule has 0 radical (unpaired) electrons. The molecule has 2 aromatic heterocycles. The van der Waals surface area contributed by atoms with Crippen LogP contribution in [-0.4, -0.2) is 75.2 Å². The van der Waals surface area contributed by atoms with Crippen molar-refractivity contribution in [2.75, 3.05) is 37.8 Å². The van der Waals surface area contributed by atoms with Crippen molar-refractivity contribution in [2.24, 2.45) is 0 Å². The summed E-state index contributed by atoms with van der Waals surface area (Å²) in [6.45, 7) is 2.28. The van der Waals surface area contributed by atoms with Crippen molar-refractivity contribution in [1.29, 1.82) is 0 Å². The Balaban J connectivity index is 1.28. The summed E-state index contributed by atoms with van der Waals surface area (Å²) < 4.78 is 82.0. The van der Waals surface area contributed by atoms with Crippen LogP contribution in [0.3, 0.4) is 0 Å². The van der Waals surface area contributed by atoms with Gasteiger partial charge in [-0.15, -0.1) is 0 Å². The maximum atomic E-state index is 16.8. The van der Waals surface area contributed by atoms with Crippen LogP contribution in [0.25, 0.3) is 32.2 Å². The molecular formula is C32H34F5N7OS. The zero-order valence-electron chi connectivity index (χ0n) is 25.3. The van der Waals surface area contributed by atoms with Gasteiger partial charge in [-0.25, -0.2) is 13.8 Å². The number of hydrogen-bond acceptors (Lipinski definition) is 9. The van der Waals surface area contributed by atoms with Crippen molar-refractivity contribution in [1.82, 2.24) is 24.8 Å². The van der Waals surface area contributed by atoms with Crippen LogP contribution in [0.2, 0.25) is 0 Å². The van der Waals surface area contributed by atoms with E-state index in [9.17, 15) is 17.6 Å². The number of rotatable bonds is 6. The van der Waals surface area contributed by atoms with E-state index in [0.29, 0.717) is 18.7 Å². The van der Waals surface area contributed by atoms with E-state index >= 15 is 4.39 Å². The van der Waals surface area contributed by atoms with Gasteiger partial charge >= 0.3 is 12.2 Å².